The minimum absolute atomic E-state index is 0.0613. The average Bonchev–Trinajstić information content (AvgIpc) is 2.92. The van der Waals surface area contributed by atoms with Crippen molar-refractivity contribution in [3.8, 4) is 0 Å². The van der Waals surface area contributed by atoms with Crippen LogP contribution < -0.4 is 5.32 Å². The van der Waals surface area contributed by atoms with E-state index in [1.54, 1.807) is 0 Å². The van der Waals surface area contributed by atoms with Crippen LogP contribution in [0, 0.1) is 0 Å². The third kappa shape index (κ3) is 1.97. The Morgan fingerprint density at radius 2 is 2.05 bits per heavy atom. The highest BCUT2D eigenvalue weighted by Crippen LogP contribution is 2.45. The number of anilines is 1. The lowest BCUT2D eigenvalue weighted by atomic mass is 9.93. The number of hydrogen-bond acceptors (Lipinski definition) is 5. The molecule has 3 rings (SSSR count). The molecule has 0 saturated carbocycles. The Hall–Kier alpha value is -1.93. The summed E-state index contributed by atoms with van der Waals surface area (Å²) in [5.74, 6) is -3.80. The Morgan fingerprint density at radius 1 is 1.30 bits per heavy atom. The fourth-order valence-corrected chi connectivity index (χ4v) is 4.23. The van der Waals surface area contributed by atoms with Gasteiger partial charge in [0, 0.05) is 18.0 Å². The van der Waals surface area contributed by atoms with Gasteiger partial charge in [0.2, 0.25) is 0 Å². The lowest BCUT2D eigenvalue weighted by molar-refractivity contribution is -0.147. The zero-order valence-electron chi connectivity index (χ0n) is 10.4. The van der Waals surface area contributed by atoms with Crippen LogP contribution >= 0.6 is 11.3 Å². The first-order chi connectivity index (χ1) is 9.47. The number of aromatic carboxylic acids is 1. The molecule has 2 bridgehead atoms. The lowest BCUT2D eigenvalue weighted by Crippen LogP contribution is -2.25. The van der Waals surface area contributed by atoms with Crippen LogP contribution in [0.2, 0.25) is 0 Å². The van der Waals surface area contributed by atoms with Crippen molar-refractivity contribution in [1.82, 2.24) is 4.90 Å². The van der Waals surface area contributed by atoms with Crippen LogP contribution in [0.1, 0.15) is 33.1 Å². The maximum absolute atomic E-state index is 11.5. The molecule has 1 aromatic heterocycles. The van der Waals surface area contributed by atoms with Crippen LogP contribution in [0.4, 0.5) is 5.00 Å². The van der Waals surface area contributed by atoms with Gasteiger partial charge in [-0.2, -0.15) is 0 Å². The van der Waals surface area contributed by atoms with Crippen molar-refractivity contribution in [1.29, 1.82) is 0 Å². The molecule has 0 aromatic carbocycles. The number of hydrogen-bond donors (Lipinski definition) is 3. The molecule has 2 aliphatic heterocycles. The van der Waals surface area contributed by atoms with Crippen molar-refractivity contribution < 1.29 is 24.6 Å². The van der Waals surface area contributed by atoms with Crippen molar-refractivity contribution in [2.24, 2.45) is 0 Å². The predicted octanol–water partition coefficient (Wildman–Crippen LogP) is 0.772. The van der Waals surface area contributed by atoms with Crippen molar-refractivity contribution in [2.75, 3.05) is 18.4 Å². The number of rotatable bonds is 2. The van der Waals surface area contributed by atoms with Gasteiger partial charge in [0.15, 0.2) is 0 Å². The first-order valence-corrected chi connectivity index (χ1v) is 6.94. The van der Waals surface area contributed by atoms with Gasteiger partial charge in [0.1, 0.15) is 5.00 Å². The summed E-state index contributed by atoms with van der Waals surface area (Å²) in [5, 5.41) is 20.3. The summed E-state index contributed by atoms with van der Waals surface area (Å²) >= 11 is 1.17. The Labute approximate surface area is 117 Å². The molecule has 0 spiro atoms. The minimum atomic E-state index is -1.63. The number of aliphatic carboxylic acids is 1. The zero-order valence-corrected chi connectivity index (χ0v) is 11.2. The molecule has 0 aliphatic carbocycles. The van der Waals surface area contributed by atoms with Gasteiger partial charge in [-0.05, 0) is 24.4 Å². The third-order valence-electron chi connectivity index (χ3n) is 3.71. The van der Waals surface area contributed by atoms with Crippen LogP contribution in [-0.4, -0.2) is 46.0 Å². The molecule has 2 atom stereocenters. The van der Waals surface area contributed by atoms with E-state index in [0.717, 1.165) is 30.0 Å². The van der Waals surface area contributed by atoms with Crippen LogP contribution in [0.5, 0.6) is 0 Å². The number of carbonyl (C=O) groups excluding carboxylic acids is 1. The van der Waals surface area contributed by atoms with E-state index in [9.17, 15) is 19.5 Å². The predicted molar refractivity (Wildman–Crippen MR) is 70.2 cm³/mol. The van der Waals surface area contributed by atoms with Gasteiger partial charge < -0.3 is 15.5 Å². The fourth-order valence-electron chi connectivity index (χ4n) is 2.91. The van der Waals surface area contributed by atoms with E-state index in [-0.39, 0.29) is 16.5 Å². The number of fused-ring (bicyclic) bond motifs is 4. The molecular weight excluding hydrogens is 284 g/mol. The molecule has 7 nitrogen and oxygen atoms in total. The second-order valence-electron chi connectivity index (χ2n) is 4.93. The van der Waals surface area contributed by atoms with Gasteiger partial charge in [-0.1, -0.05) is 0 Å². The number of nitrogens with one attached hydrogen (secondary N) is 1. The van der Waals surface area contributed by atoms with Crippen LogP contribution in [0.15, 0.2) is 0 Å². The zero-order chi connectivity index (χ0) is 14.4. The van der Waals surface area contributed by atoms with E-state index in [4.69, 9.17) is 5.11 Å². The van der Waals surface area contributed by atoms with E-state index < -0.39 is 17.8 Å². The molecule has 3 N–H and O–H groups in total. The number of thiophene rings is 1. The number of carboxylic acid groups (broad SMARTS) is 2. The van der Waals surface area contributed by atoms with Gasteiger partial charge >= 0.3 is 17.8 Å². The summed E-state index contributed by atoms with van der Waals surface area (Å²) in [4.78, 5) is 36.5. The lowest BCUT2D eigenvalue weighted by Gasteiger charge is -2.22. The van der Waals surface area contributed by atoms with Crippen LogP contribution in [0.25, 0.3) is 0 Å². The Balaban J connectivity index is 2.04. The molecular formula is C12H12N2O5S. The van der Waals surface area contributed by atoms with Gasteiger partial charge in [-0.15, -0.1) is 11.3 Å². The highest BCUT2D eigenvalue weighted by atomic mass is 32.1. The monoisotopic (exact) mass is 296 g/mol. The van der Waals surface area contributed by atoms with E-state index in [1.165, 1.54) is 11.3 Å². The molecule has 1 amide bonds. The Bertz CT molecular complexity index is 624. The van der Waals surface area contributed by atoms with Gasteiger partial charge in [0.05, 0.1) is 5.56 Å². The largest absolute Gasteiger partial charge is 0.478 e. The van der Waals surface area contributed by atoms with E-state index in [0.29, 0.717) is 6.54 Å². The van der Waals surface area contributed by atoms with E-state index in [2.05, 4.69) is 10.2 Å². The topological polar surface area (TPSA) is 107 Å². The summed E-state index contributed by atoms with van der Waals surface area (Å²) in [6, 6.07) is 0. The minimum Gasteiger partial charge on any atom is -0.478 e. The summed E-state index contributed by atoms with van der Waals surface area (Å²) in [5.41, 5.74) is 0.836. The maximum Gasteiger partial charge on any atom is 0.394 e. The third-order valence-corrected chi connectivity index (χ3v) is 4.81. The number of amides is 1. The van der Waals surface area contributed by atoms with Gasteiger partial charge in [-0.3, -0.25) is 9.69 Å². The number of nitrogens with zero attached hydrogens (tertiary/aromatic N) is 1. The molecule has 0 radical (unpaired) electrons. The Morgan fingerprint density at radius 3 is 2.70 bits per heavy atom. The molecule has 2 aliphatic rings. The molecule has 2 unspecified atom stereocenters. The molecule has 8 heteroatoms. The normalized spacial score (nSPS) is 23.2. The fraction of sp³-hybridized carbons (Fsp3) is 0.417. The maximum atomic E-state index is 11.5. The van der Waals surface area contributed by atoms with Crippen molar-refractivity contribution in [2.45, 2.75) is 18.9 Å². The van der Waals surface area contributed by atoms with Gasteiger partial charge in [0.25, 0.3) is 0 Å². The molecule has 1 saturated heterocycles. The second-order valence-corrected chi connectivity index (χ2v) is 6.03. The summed E-state index contributed by atoms with van der Waals surface area (Å²) in [6.45, 7) is 2.44. The van der Waals surface area contributed by atoms with E-state index >= 15 is 0 Å². The summed E-state index contributed by atoms with van der Waals surface area (Å²) in [7, 11) is 0. The molecule has 20 heavy (non-hydrogen) atoms. The first-order valence-electron chi connectivity index (χ1n) is 6.13. The van der Waals surface area contributed by atoms with Gasteiger partial charge in [-0.25, -0.2) is 9.59 Å². The molecule has 1 aromatic rings. The van der Waals surface area contributed by atoms with Crippen LogP contribution in [0.3, 0.4) is 0 Å². The van der Waals surface area contributed by atoms with E-state index in [1.807, 2.05) is 0 Å². The smallest absolute Gasteiger partial charge is 0.394 e. The summed E-state index contributed by atoms with van der Waals surface area (Å²) in [6.07, 6.45) is 0.899. The summed E-state index contributed by atoms with van der Waals surface area (Å²) < 4.78 is 0. The molecule has 106 valence electrons. The first kappa shape index (κ1) is 13.1. The number of carboxylic acids is 2. The number of carbonyl (C=O) groups is 3. The quantitative estimate of drug-likeness (QED) is 0.696. The molecule has 3 heterocycles. The van der Waals surface area contributed by atoms with Crippen molar-refractivity contribution in [3.05, 3.63) is 16.0 Å². The van der Waals surface area contributed by atoms with Crippen molar-refractivity contribution in [3.63, 3.8) is 0 Å². The molecule has 1 fully saturated rings. The average molecular weight is 296 g/mol. The SMILES string of the molecule is O=C(O)C(=O)Nc1sc2c(c1C(=O)O)C1CCN(C2)C1. The van der Waals surface area contributed by atoms with Crippen molar-refractivity contribution >= 4 is 34.2 Å². The van der Waals surface area contributed by atoms with Crippen LogP contribution in [-0.2, 0) is 16.1 Å². The standard InChI is InChI=1S/C12H12N2O5S/c15-9(12(18)19)13-10-8(11(16)17)7-5-1-2-14(3-5)4-6(7)20-10/h5H,1-4H2,(H,13,15)(H,16,17)(H,18,19). The highest BCUT2D eigenvalue weighted by Gasteiger charge is 2.38. The highest BCUT2D eigenvalue weighted by molar-refractivity contribution is 7.17. The second kappa shape index (κ2) is 4.57. The Kier molecular flexibility index (Phi) is 2.98.